The third-order valence-corrected chi connectivity index (χ3v) is 7.21. The maximum absolute atomic E-state index is 13.2. The highest BCUT2D eigenvalue weighted by Crippen LogP contribution is 2.18. The van der Waals surface area contributed by atoms with Crippen LogP contribution in [0.1, 0.15) is 10.4 Å². The number of hydrogen-bond donors (Lipinski definition) is 0. The van der Waals surface area contributed by atoms with E-state index in [-0.39, 0.29) is 23.9 Å². The molecule has 0 bridgehead atoms. The van der Waals surface area contributed by atoms with Crippen LogP contribution in [0.15, 0.2) is 95.7 Å². The minimum atomic E-state index is -3.81. The monoisotopic (exact) mass is 440 g/mol. The average molecular weight is 441 g/mol. The highest BCUT2D eigenvalue weighted by molar-refractivity contribution is 7.89. The molecule has 0 spiro atoms. The Balaban J connectivity index is 1.83. The number of amides is 1. The second-order valence-corrected chi connectivity index (χ2v) is 9.68. The van der Waals surface area contributed by atoms with Gasteiger partial charge in [0.2, 0.25) is 15.9 Å². The molecule has 1 aromatic heterocycles. The summed E-state index contributed by atoms with van der Waals surface area (Å²) in [5.41, 5.74) is 0.989. The number of thiophene rings is 1. The summed E-state index contributed by atoms with van der Waals surface area (Å²) in [7, 11) is -3.81. The Hall–Kier alpha value is -2.74. The smallest absolute Gasteiger partial charge is 0.243 e. The summed E-state index contributed by atoms with van der Waals surface area (Å²) in [4.78, 5) is 16.1. The molecule has 7 heteroatoms. The van der Waals surface area contributed by atoms with E-state index in [1.807, 2.05) is 47.8 Å². The Bertz CT molecular complexity index is 1050. The second-order valence-electron chi connectivity index (χ2n) is 6.71. The molecule has 0 unspecified atom stereocenters. The first-order valence-electron chi connectivity index (χ1n) is 9.51. The van der Waals surface area contributed by atoms with E-state index >= 15 is 0 Å². The third-order valence-electron chi connectivity index (χ3n) is 4.52. The highest BCUT2D eigenvalue weighted by atomic mass is 32.2. The summed E-state index contributed by atoms with van der Waals surface area (Å²) < 4.78 is 27.3. The summed E-state index contributed by atoms with van der Waals surface area (Å²) >= 11 is 1.57. The molecule has 0 N–H and O–H groups in total. The molecule has 0 aliphatic rings. The van der Waals surface area contributed by atoms with Gasteiger partial charge in [-0.15, -0.1) is 17.9 Å². The fourth-order valence-electron chi connectivity index (χ4n) is 3.01. The molecule has 1 amide bonds. The van der Waals surface area contributed by atoms with Crippen molar-refractivity contribution in [1.29, 1.82) is 0 Å². The van der Waals surface area contributed by atoms with Gasteiger partial charge in [0.1, 0.15) is 0 Å². The second kappa shape index (κ2) is 10.3. The fraction of sp³-hybridized carbons (Fsp3) is 0.174. The highest BCUT2D eigenvalue weighted by Gasteiger charge is 2.27. The van der Waals surface area contributed by atoms with Gasteiger partial charge in [-0.2, -0.15) is 4.31 Å². The fourth-order valence-corrected chi connectivity index (χ4v) is 5.11. The molecule has 156 valence electrons. The van der Waals surface area contributed by atoms with E-state index in [2.05, 4.69) is 6.58 Å². The summed E-state index contributed by atoms with van der Waals surface area (Å²) in [6.45, 7) is 4.30. The molecule has 0 aliphatic carbocycles. The molecular formula is C23H24N2O3S2. The van der Waals surface area contributed by atoms with Crippen molar-refractivity contribution in [3.63, 3.8) is 0 Å². The largest absolute Gasteiger partial charge is 0.332 e. The van der Waals surface area contributed by atoms with Gasteiger partial charge in [0.05, 0.1) is 18.0 Å². The Morgan fingerprint density at radius 3 is 2.20 bits per heavy atom. The van der Waals surface area contributed by atoms with Crippen LogP contribution in [-0.2, 0) is 27.9 Å². The minimum absolute atomic E-state index is 0.0567. The van der Waals surface area contributed by atoms with E-state index in [1.165, 1.54) is 22.5 Å². The van der Waals surface area contributed by atoms with E-state index in [4.69, 9.17) is 0 Å². The van der Waals surface area contributed by atoms with E-state index < -0.39 is 10.0 Å². The maximum atomic E-state index is 13.2. The number of carbonyl (C=O) groups is 1. The first-order valence-corrected chi connectivity index (χ1v) is 11.8. The van der Waals surface area contributed by atoms with Crippen LogP contribution in [0.25, 0.3) is 0 Å². The van der Waals surface area contributed by atoms with Crippen LogP contribution in [0.2, 0.25) is 0 Å². The normalized spacial score (nSPS) is 11.4. The van der Waals surface area contributed by atoms with Crippen molar-refractivity contribution in [1.82, 2.24) is 9.21 Å². The zero-order valence-electron chi connectivity index (χ0n) is 16.6. The van der Waals surface area contributed by atoms with Crippen LogP contribution in [0, 0.1) is 0 Å². The van der Waals surface area contributed by atoms with Crippen LogP contribution in [-0.4, -0.2) is 36.6 Å². The number of rotatable bonds is 10. The number of carbonyl (C=O) groups excluding carboxylic acids is 1. The summed E-state index contributed by atoms with van der Waals surface area (Å²) in [6, 6.07) is 21.7. The first-order chi connectivity index (χ1) is 14.5. The van der Waals surface area contributed by atoms with Gasteiger partial charge in [-0.3, -0.25) is 4.79 Å². The molecule has 1 heterocycles. The van der Waals surface area contributed by atoms with Gasteiger partial charge in [-0.05, 0) is 29.1 Å². The average Bonchev–Trinajstić information content (AvgIpc) is 3.27. The molecule has 0 radical (unpaired) electrons. The Kier molecular flexibility index (Phi) is 7.57. The lowest BCUT2D eigenvalue weighted by molar-refractivity contribution is -0.132. The standard InChI is InChI=1S/C23H24N2O3S2/c1-2-15-25(30(27,28)22-13-7-4-8-14-22)19-23(26)24(18-21-12-9-16-29-21)17-20-10-5-3-6-11-20/h2-14,16H,1,15,17-19H2. The molecule has 3 rings (SSSR count). The Morgan fingerprint density at radius 2 is 1.60 bits per heavy atom. The van der Waals surface area contributed by atoms with Gasteiger partial charge in [-0.1, -0.05) is 60.7 Å². The summed E-state index contributed by atoms with van der Waals surface area (Å²) in [5.74, 6) is -0.256. The molecular weight excluding hydrogens is 416 g/mol. The van der Waals surface area contributed by atoms with Crippen molar-refractivity contribution in [3.8, 4) is 0 Å². The number of nitrogens with zero attached hydrogens (tertiary/aromatic N) is 2. The molecule has 0 atom stereocenters. The molecule has 30 heavy (non-hydrogen) atoms. The maximum Gasteiger partial charge on any atom is 0.243 e. The van der Waals surface area contributed by atoms with Crippen LogP contribution >= 0.6 is 11.3 Å². The van der Waals surface area contributed by atoms with Crippen molar-refractivity contribution in [2.24, 2.45) is 0 Å². The Morgan fingerprint density at radius 1 is 0.933 bits per heavy atom. The molecule has 2 aromatic carbocycles. The van der Waals surface area contributed by atoms with Gasteiger partial charge in [-0.25, -0.2) is 8.42 Å². The van der Waals surface area contributed by atoms with Gasteiger partial charge >= 0.3 is 0 Å². The zero-order chi connectivity index (χ0) is 21.4. The summed E-state index contributed by atoms with van der Waals surface area (Å²) in [6.07, 6.45) is 1.49. The third kappa shape index (κ3) is 5.66. The van der Waals surface area contributed by atoms with E-state index in [0.29, 0.717) is 13.1 Å². The van der Waals surface area contributed by atoms with Crippen molar-refractivity contribution in [2.45, 2.75) is 18.0 Å². The van der Waals surface area contributed by atoms with Crippen LogP contribution in [0.3, 0.4) is 0 Å². The first kappa shape index (κ1) is 22.0. The molecule has 0 fully saturated rings. The topological polar surface area (TPSA) is 57.7 Å². The van der Waals surface area contributed by atoms with Gasteiger partial charge in [0, 0.05) is 18.0 Å². The quantitative estimate of drug-likeness (QED) is 0.445. The van der Waals surface area contributed by atoms with Gasteiger partial charge in [0.25, 0.3) is 0 Å². The Labute approximate surface area is 181 Å². The van der Waals surface area contributed by atoms with Gasteiger partial charge < -0.3 is 4.90 Å². The van der Waals surface area contributed by atoms with E-state index in [9.17, 15) is 13.2 Å². The molecule has 0 saturated heterocycles. The number of sulfonamides is 1. The van der Waals surface area contributed by atoms with E-state index in [1.54, 1.807) is 34.4 Å². The number of hydrogen-bond acceptors (Lipinski definition) is 4. The number of benzene rings is 2. The van der Waals surface area contributed by atoms with Crippen LogP contribution in [0.4, 0.5) is 0 Å². The van der Waals surface area contributed by atoms with Gasteiger partial charge in [0.15, 0.2) is 0 Å². The molecule has 0 aliphatic heterocycles. The zero-order valence-corrected chi connectivity index (χ0v) is 18.2. The lowest BCUT2D eigenvalue weighted by Crippen LogP contribution is -2.42. The predicted octanol–water partition coefficient (Wildman–Crippen LogP) is 4.15. The van der Waals surface area contributed by atoms with Crippen molar-refractivity contribution in [2.75, 3.05) is 13.1 Å². The van der Waals surface area contributed by atoms with Crippen molar-refractivity contribution < 1.29 is 13.2 Å². The predicted molar refractivity (Wildman–Crippen MR) is 120 cm³/mol. The molecule has 3 aromatic rings. The van der Waals surface area contributed by atoms with Crippen LogP contribution in [0.5, 0.6) is 0 Å². The molecule has 5 nitrogen and oxygen atoms in total. The van der Waals surface area contributed by atoms with Crippen LogP contribution < -0.4 is 0 Å². The minimum Gasteiger partial charge on any atom is -0.332 e. The SMILES string of the molecule is C=CCN(CC(=O)N(Cc1ccccc1)Cc1cccs1)S(=O)(=O)c1ccccc1. The van der Waals surface area contributed by atoms with Crippen molar-refractivity contribution in [3.05, 3.63) is 101 Å². The van der Waals surface area contributed by atoms with E-state index in [0.717, 1.165) is 10.4 Å². The summed E-state index contributed by atoms with van der Waals surface area (Å²) in [5, 5.41) is 1.96. The molecule has 0 saturated carbocycles. The lowest BCUT2D eigenvalue weighted by atomic mass is 10.2. The van der Waals surface area contributed by atoms with Crippen molar-refractivity contribution >= 4 is 27.3 Å². The lowest BCUT2D eigenvalue weighted by Gasteiger charge is -2.26.